The van der Waals surface area contributed by atoms with Crippen LogP contribution in [0.3, 0.4) is 0 Å². The first kappa shape index (κ1) is 21.3. The molecule has 33 heavy (non-hydrogen) atoms. The van der Waals surface area contributed by atoms with E-state index in [9.17, 15) is 9.18 Å². The number of hydrogen-bond donors (Lipinski definition) is 2. The lowest BCUT2D eigenvalue weighted by Crippen LogP contribution is -2.33. The lowest BCUT2D eigenvalue weighted by atomic mass is 9.83. The third-order valence-corrected chi connectivity index (χ3v) is 6.17. The van der Waals surface area contributed by atoms with Crippen molar-refractivity contribution < 1.29 is 4.39 Å². The number of benzene rings is 2. The highest BCUT2D eigenvalue weighted by atomic mass is 19.1. The molecular weight excluding hydrogens is 421 g/mol. The van der Waals surface area contributed by atoms with Crippen molar-refractivity contribution in [1.82, 2.24) is 29.9 Å². The first-order valence-electron chi connectivity index (χ1n) is 11.0. The summed E-state index contributed by atoms with van der Waals surface area (Å²) in [6.45, 7) is 4.51. The zero-order valence-corrected chi connectivity index (χ0v) is 19.0. The summed E-state index contributed by atoms with van der Waals surface area (Å²) < 4.78 is 17.0. The van der Waals surface area contributed by atoms with Gasteiger partial charge in [0.15, 0.2) is 0 Å². The SMILES string of the molecule is CNCc1cc2c3c(nn(C(C)C)c(=O)c3c1)C(c1ncnn1C)C(c1ccc(F)cc1)N2. The van der Waals surface area contributed by atoms with Gasteiger partial charge in [0.2, 0.25) is 0 Å². The largest absolute Gasteiger partial charge is 0.377 e. The first-order valence-corrected chi connectivity index (χ1v) is 11.0. The van der Waals surface area contributed by atoms with Crippen LogP contribution in [-0.2, 0) is 13.6 Å². The molecule has 1 aliphatic rings. The Morgan fingerprint density at radius 3 is 2.61 bits per heavy atom. The molecule has 0 bridgehead atoms. The Balaban J connectivity index is 1.85. The quantitative estimate of drug-likeness (QED) is 0.488. The van der Waals surface area contributed by atoms with Gasteiger partial charge >= 0.3 is 0 Å². The normalized spacial score (nSPS) is 17.5. The zero-order chi connectivity index (χ0) is 23.3. The highest BCUT2D eigenvalue weighted by molar-refractivity contribution is 5.98. The van der Waals surface area contributed by atoms with E-state index in [1.165, 1.54) is 18.5 Å². The Morgan fingerprint density at radius 2 is 1.97 bits per heavy atom. The maximum atomic E-state index is 13.7. The van der Waals surface area contributed by atoms with Crippen molar-refractivity contribution in [2.45, 2.75) is 38.4 Å². The molecule has 9 heteroatoms. The predicted molar refractivity (Wildman–Crippen MR) is 125 cm³/mol. The molecule has 0 amide bonds. The summed E-state index contributed by atoms with van der Waals surface area (Å²) in [5.74, 6) is 0.0820. The molecule has 170 valence electrons. The number of hydrogen-bond acceptors (Lipinski definition) is 6. The highest BCUT2D eigenvalue weighted by Crippen LogP contribution is 2.46. The molecule has 2 atom stereocenters. The molecule has 2 N–H and O–H groups in total. The molecule has 0 saturated heterocycles. The van der Waals surface area contributed by atoms with Crippen LogP contribution in [0.1, 0.15) is 54.5 Å². The second-order valence-electron chi connectivity index (χ2n) is 8.72. The molecule has 2 aromatic carbocycles. The van der Waals surface area contributed by atoms with Gasteiger partial charge in [-0.25, -0.2) is 14.1 Å². The van der Waals surface area contributed by atoms with Gasteiger partial charge in [-0.15, -0.1) is 0 Å². The van der Waals surface area contributed by atoms with Gasteiger partial charge in [0.25, 0.3) is 5.56 Å². The molecule has 8 nitrogen and oxygen atoms in total. The van der Waals surface area contributed by atoms with E-state index < -0.39 is 0 Å². The fourth-order valence-electron chi connectivity index (χ4n) is 4.68. The van der Waals surface area contributed by atoms with Gasteiger partial charge in [0.1, 0.15) is 18.0 Å². The Hall–Kier alpha value is -3.59. The lowest BCUT2D eigenvalue weighted by molar-refractivity contribution is 0.478. The van der Waals surface area contributed by atoms with E-state index in [-0.39, 0.29) is 29.4 Å². The molecule has 2 unspecified atom stereocenters. The second-order valence-corrected chi connectivity index (χ2v) is 8.72. The third-order valence-electron chi connectivity index (χ3n) is 6.17. The lowest BCUT2D eigenvalue weighted by Gasteiger charge is -2.35. The standard InChI is InChI=1S/C24H26FN7O/c1-13(2)32-24(33)17-9-14(11-26-3)10-18-19(17)22(30-32)20(23-27-12-28-31(23)4)21(29-18)15-5-7-16(25)8-6-15/h5-10,12-13,20-21,26,29H,11H2,1-4H3. The average molecular weight is 448 g/mol. The number of nitrogens with one attached hydrogen (secondary N) is 2. The molecule has 5 rings (SSSR count). The van der Waals surface area contributed by atoms with Crippen LogP contribution in [0.5, 0.6) is 0 Å². The second kappa shape index (κ2) is 8.08. The molecule has 0 aliphatic carbocycles. The van der Waals surface area contributed by atoms with Crippen LogP contribution in [0.2, 0.25) is 0 Å². The summed E-state index contributed by atoms with van der Waals surface area (Å²) in [5.41, 5.74) is 3.36. The minimum Gasteiger partial charge on any atom is -0.377 e. The van der Waals surface area contributed by atoms with Crippen LogP contribution in [-0.4, -0.2) is 31.6 Å². The topological polar surface area (TPSA) is 89.7 Å². The van der Waals surface area contributed by atoms with Crippen molar-refractivity contribution >= 4 is 16.5 Å². The maximum Gasteiger partial charge on any atom is 0.274 e. The summed E-state index contributed by atoms with van der Waals surface area (Å²) in [4.78, 5) is 17.9. The number of aromatic nitrogens is 5. The van der Waals surface area contributed by atoms with Crippen LogP contribution in [0.15, 0.2) is 47.5 Å². The van der Waals surface area contributed by atoms with Gasteiger partial charge < -0.3 is 10.6 Å². The van der Waals surface area contributed by atoms with Gasteiger partial charge in [-0.3, -0.25) is 9.48 Å². The first-order chi connectivity index (χ1) is 15.9. The van der Waals surface area contributed by atoms with Crippen molar-refractivity contribution in [2.24, 2.45) is 7.05 Å². The van der Waals surface area contributed by atoms with Crippen molar-refractivity contribution in [3.63, 3.8) is 0 Å². The van der Waals surface area contributed by atoms with Crippen molar-refractivity contribution in [2.75, 3.05) is 12.4 Å². The van der Waals surface area contributed by atoms with Crippen LogP contribution in [0.4, 0.5) is 10.1 Å². The Morgan fingerprint density at radius 1 is 1.21 bits per heavy atom. The van der Waals surface area contributed by atoms with Gasteiger partial charge in [-0.05, 0) is 56.3 Å². The van der Waals surface area contributed by atoms with E-state index in [1.807, 2.05) is 40.1 Å². The number of aryl methyl sites for hydroxylation is 1. The summed E-state index contributed by atoms with van der Waals surface area (Å²) in [6, 6.07) is 10.0. The van der Waals surface area contributed by atoms with Crippen molar-refractivity contribution in [3.05, 3.63) is 81.5 Å². The van der Waals surface area contributed by atoms with Gasteiger partial charge in [0, 0.05) is 24.7 Å². The number of anilines is 1. The van der Waals surface area contributed by atoms with Gasteiger partial charge in [-0.2, -0.15) is 10.2 Å². The van der Waals surface area contributed by atoms with Crippen LogP contribution >= 0.6 is 0 Å². The minimum absolute atomic E-state index is 0.117. The summed E-state index contributed by atoms with van der Waals surface area (Å²) in [7, 11) is 3.71. The van der Waals surface area contributed by atoms with E-state index in [1.54, 1.807) is 21.5 Å². The summed E-state index contributed by atoms with van der Waals surface area (Å²) in [6.07, 6.45) is 1.51. The van der Waals surface area contributed by atoms with Crippen LogP contribution < -0.4 is 16.2 Å². The molecule has 4 aromatic rings. The molecule has 0 saturated carbocycles. The Bertz CT molecular complexity index is 1390. The molecule has 0 spiro atoms. The third kappa shape index (κ3) is 3.48. The van der Waals surface area contributed by atoms with E-state index in [0.29, 0.717) is 17.8 Å². The Kier molecular flexibility index (Phi) is 5.20. The molecule has 1 aliphatic heterocycles. The van der Waals surface area contributed by atoms with E-state index >= 15 is 0 Å². The van der Waals surface area contributed by atoms with E-state index in [4.69, 9.17) is 5.10 Å². The van der Waals surface area contributed by atoms with Crippen LogP contribution in [0.25, 0.3) is 10.8 Å². The highest BCUT2D eigenvalue weighted by Gasteiger charge is 2.38. The summed E-state index contributed by atoms with van der Waals surface area (Å²) in [5, 5.41) is 17.3. The van der Waals surface area contributed by atoms with E-state index in [2.05, 4.69) is 20.7 Å². The summed E-state index contributed by atoms with van der Waals surface area (Å²) >= 11 is 0. The number of halogens is 1. The molecule has 2 aromatic heterocycles. The zero-order valence-electron chi connectivity index (χ0n) is 19.0. The van der Waals surface area contributed by atoms with Crippen LogP contribution in [0, 0.1) is 5.82 Å². The maximum absolute atomic E-state index is 13.7. The Labute approximate surface area is 190 Å². The molecular formula is C24H26FN7O. The fourth-order valence-corrected chi connectivity index (χ4v) is 4.68. The molecule has 0 radical (unpaired) electrons. The minimum atomic E-state index is -0.335. The average Bonchev–Trinajstić information content (AvgIpc) is 3.21. The van der Waals surface area contributed by atoms with E-state index in [0.717, 1.165) is 27.9 Å². The van der Waals surface area contributed by atoms with Gasteiger partial charge in [-0.1, -0.05) is 12.1 Å². The monoisotopic (exact) mass is 447 g/mol. The molecule has 3 heterocycles. The number of rotatable bonds is 5. The van der Waals surface area contributed by atoms with Gasteiger partial charge in [0.05, 0.1) is 29.1 Å². The number of nitrogens with zero attached hydrogens (tertiary/aromatic N) is 5. The van der Waals surface area contributed by atoms with Crippen molar-refractivity contribution in [1.29, 1.82) is 0 Å². The van der Waals surface area contributed by atoms with Crippen molar-refractivity contribution in [3.8, 4) is 0 Å². The fraction of sp³-hybridized carbons (Fsp3) is 0.333. The smallest absolute Gasteiger partial charge is 0.274 e. The molecule has 0 fully saturated rings. The predicted octanol–water partition coefficient (Wildman–Crippen LogP) is 3.26.